The van der Waals surface area contributed by atoms with Crippen LogP contribution >= 0.6 is 0 Å². The second kappa shape index (κ2) is 8.06. The maximum Gasteiger partial charge on any atom is 0.297 e. The fourth-order valence-electron chi connectivity index (χ4n) is 3.37. The van der Waals surface area contributed by atoms with E-state index in [2.05, 4.69) is 25.4 Å². The molecule has 3 aromatic heterocycles. The molecule has 4 heterocycles. The molecule has 0 bridgehead atoms. The third-order valence-corrected chi connectivity index (χ3v) is 5.09. The van der Waals surface area contributed by atoms with Crippen LogP contribution < -0.4 is 15.8 Å². The van der Waals surface area contributed by atoms with E-state index >= 15 is 0 Å². The van der Waals surface area contributed by atoms with E-state index < -0.39 is 12.2 Å². The molecule has 162 valence electrons. The largest absolute Gasteiger partial charge is 0.490 e. The van der Waals surface area contributed by atoms with Gasteiger partial charge in [0.05, 0.1) is 24.9 Å². The fourth-order valence-corrected chi connectivity index (χ4v) is 3.37. The minimum atomic E-state index is -2.82. The first-order valence-electron chi connectivity index (χ1n) is 10.0. The van der Waals surface area contributed by atoms with Crippen molar-refractivity contribution in [2.75, 3.05) is 24.3 Å². The molecule has 1 saturated heterocycles. The summed E-state index contributed by atoms with van der Waals surface area (Å²) >= 11 is 0. The molecule has 1 aliphatic heterocycles. The lowest BCUT2D eigenvalue weighted by molar-refractivity contribution is 0.140. The van der Waals surface area contributed by atoms with E-state index in [9.17, 15) is 8.78 Å². The van der Waals surface area contributed by atoms with Crippen molar-refractivity contribution in [2.45, 2.75) is 37.8 Å². The first-order valence-corrected chi connectivity index (χ1v) is 10.0. The minimum absolute atomic E-state index is 0.0535. The van der Waals surface area contributed by atoms with Gasteiger partial charge < -0.3 is 20.5 Å². The summed E-state index contributed by atoms with van der Waals surface area (Å²) in [5, 5.41) is 7.38. The van der Waals surface area contributed by atoms with E-state index in [4.69, 9.17) is 15.2 Å². The molecule has 1 atom stereocenters. The summed E-state index contributed by atoms with van der Waals surface area (Å²) in [6.07, 6.45) is 5.65. The van der Waals surface area contributed by atoms with Crippen LogP contribution in [0.1, 0.15) is 37.6 Å². The standard InChI is InChI=1S/C20H21F2N7O2/c21-19(22)20-26-16(23)6-18(28-20)27-17-5-15(31-13-1-2-13)14(8-24-17)11-7-25-29(9-11)12-3-4-30-10-12/h5-9,12-13,19H,1-4,10H2,(H3,23,24,26,27,28). The van der Waals surface area contributed by atoms with Crippen molar-refractivity contribution in [3.8, 4) is 16.9 Å². The lowest BCUT2D eigenvalue weighted by Crippen LogP contribution is -2.08. The summed E-state index contributed by atoms with van der Waals surface area (Å²) in [5.74, 6) is 0.473. The van der Waals surface area contributed by atoms with Crippen LogP contribution in [-0.2, 0) is 4.74 Å². The third kappa shape index (κ3) is 4.41. The number of hydrogen-bond acceptors (Lipinski definition) is 8. The number of alkyl halides is 2. The van der Waals surface area contributed by atoms with E-state index in [0.29, 0.717) is 18.2 Å². The van der Waals surface area contributed by atoms with E-state index in [0.717, 1.165) is 37.0 Å². The number of pyridine rings is 1. The molecule has 0 spiro atoms. The molecule has 9 nitrogen and oxygen atoms in total. The van der Waals surface area contributed by atoms with Gasteiger partial charge in [0.15, 0.2) is 5.82 Å². The number of hydrogen-bond donors (Lipinski definition) is 2. The van der Waals surface area contributed by atoms with Crippen LogP contribution in [0.3, 0.4) is 0 Å². The summed E-state index contributed by atoms with van der Waals surface area (Å²) in [6.45, 7) is 1.38. The van der Waals surface area contributed by atoms with Crippen molar-refractivity contribution in [1.82, 2.24) is 24.7 Å². The summed E-state index contributed by atoms with van der Waals surface area (Å²) in [7, 11) is 0. The van der Waals surface area contributed by atoms with Crippen molar-refractivity contribution >= 4 is 17.5 Å². The van der Waals surface area contributed by atoms with Crippen LogP contribution in [0, 0.1) is 0 Å². The molecule has 1 unspecified atom stereocenters. The maximum atomic E-state index is 13.0. The average Bonchev–Trinajstić information content (AvgIpc) is 3.18. The molecule has 11 heteroatoms. The third-order valence-electron chi connectivity index (χ3n) is 5.09. The first kappa shape index (κ1) is 19.6. The van der Waals surface area contributed by atoms with Gasteiger partial charge in [-0.3, -0.25) is 4.68 Å². The van der Waals surface area contributed by atoms with Gasteiger partial charge in [-0.05, 0) is 19.3 Å². The van der Waals surface area contributed by atoms with Crippen LogP contribution in [0.2, 0.25) is 0 Å². The molecule has 3 N–H and O–H groups in total. The predicted octanol–water partition coefficient (Wildman–Crippen LogP) is 3.50. The second-order valence-corrected chi connectivity index (χ2v) is 7.57. The summed E-state index contributed by atoms with van der Waals surface area (Å²) < 4.78 is 39.4. The molecule has 1 saturated carbocycles. The highest BCUT2D eigenvalue weighted by Crippen LogP contribution is 2.37. The number of rotatable bonds is 7. The molecule has 0 amide bonds. The first-order chi connectivity index (χ1) is 15.0. The van der Waals surface area contributed by atoms with Gasteiger partial charge >= 0.3 is 0 Å². The highest BCUT2D eigenvalue weighted by Gasteiger charge is 2.26. The minimum Gasteiger partial charge on any atom is -0.490 e. The van der Waals surface area contributed by atoms with Gasteiger partial charge in [-0.1, -0.05) is 0 Å². The Kier molecular flexibility index (Phi) is 5.10. The monoisotopic (exact) mass is 429 g/mol. The lowest BCUT2D eigenvalue weighted by Gasteiger charge is -2.13. The number of ether oxygens (including phenoxy) is 2. The Labute approximate surface area is 176 Å². The Hall–Kier alpha value is -3.34. The molecule has 5 rings (SSSR count). The van der Waals surface area contributed by atoms with Crippen molar-refractivity contribution in [3.05, 3.63) is 36.5 Å². The fraction of sp³-hybridized carbons (Fsp3) is 0.400. The van der Waals surface area contributed by atoms with Crippen LogP contribution in [0.25, 0.3) is 11.1 Å². The van der Waals surface area contributed by atoms with Gasteiger partial charge in [-0.15, -0.1) is 0 Å². The SMILES string of the molecule is Nc1cc(Nc2cc(OC3CC3)c(-c3cnn(C4CCOC4)c3)cn2)nc(C(F)F)n1. The molecule has 31 heavy (non-hydrogen) atoms. The van der Waals surface area contributed by atoms with E-state index in [1.807, 2.05) is 10.9 Å². The zero-order chi connectivity index (χ0) is 21.4. The van der Waals surface area contributed by atoms with Crippen molar-refractivity contribution in [2.24, 2.45) is 0 Å². The van der Waals surface area contributed by atoms with Crippen molar-refractivity contribution in [3.63, 3.8) is 0 Å². The number of halogens is 2. The molecule has 0 aromatic carbocycles. The number of nitrogens with one attached hydrogen (secondary N) is 1. The summed E-state index contributed by atoms with van der Waals surface area (Å²) in [6, 6.07) is 3.32. The number of nitrogen functional groups attached to an aromatic ring is 1. The molecule has 3 aromatic rings. The maximum absolute atomic E-state index is 13.0. The van der Waals surface area contributed by atoms with E-state index in [1.54, 1.807) is 18.5 Å². The summed E-state index contributed by atoms with van der Waals surface area (Å²) in [5.41, 5.74) is 7.31. The van der Waals surface area contributed by atoms with Gasteiger partial charge in [0.2, 0.25) is 0 Å². The quantitative estimate of drug-likeness (QED) is 0.587. The van der Waals surface area contributed by atoms with Crippen molar-refractivity contribution in [1.29, 1.82) is 0 Å². The van der Waals surface area contributed by atoms with Gasteiger partial charge in [0.1, 0.15) is 23.2 Å². The molecule has 2 aliphatic rings. The number of nitrogens with two attached hydrogens (primary N) is 1. The number of aromatic nitrogens is 5. The van der Waals surface area contributed by atoms with Gasteiger partial charge in [-0.2, -0.15) is 5.10 Å². The smallest absolute Gasteiger partial charge is 0.297 e. The lowest BCUT2D eigenvalue weighted by atomic mass is 10.1. The van der Waals surface area contributed by atoms with Crippen LogP contribution in [0.4, 0.5) is 26.2 Å². The van der Waals surface area contributed by atoms with Crippen LogP contribution in [0.5, 0.6) is 5.75 Å². The number of nitrogens with zero attached hydrogens (tertiary/aromatic N) is 5. The molecular weight excluding hydrogens is 408 g/mol. The average molecular weight is 429 g/mol. The normalized spacial score (nSPS) is 18.5. The highest BCUT2D eigenvalue weighted by atomic mass is 19.3. The van der Waals surface area contributed by atoms with E-state index in [1.165, 1.54) is 6.07 Å². The molecular formula is C20H21F2N7O2. The molecule has 1 aliphatic carbocycles. The second-order valence-electron chi connectivity index (χ2n) is 7.57. The predicted molar refractivity (Wildman–Crippen MR) is 108 cm³/mol. The number of anilines is 3. The van der Waals surface area contributed by atoms with Gasteiger partial charge in [0, 0.05) is 42.3 Å². The zero-order valence-corrected chi connectivity index (χ0v) is 16.5. The van der Waals surface area contributed by atoms with Crippen LogP contribution in [-0.4, -0.2) is 44.1 Å². The Balaban J connectivity index is 1.43. The molecule has 2 fully saturated rings. The molecule has 0 radical (unpaired) electrons. The van der Waals surface area contributed by atoms with Crippen molar-refractivity contribution < 1.29 is 18.3 Å². The topological polar surface area (TPSA) is 113 Å². The van der Waals surface area contributed by atoms with E-state index in [-0.39, 0.29) is 23.8 Å². The zero-order valence-electron chi connectivity index (χ0n) is 16.5. The van der Waals surface area contributed by atoms with Gasteiger partial charge in [0.25, 0.3) is 6.43 Å². The highest BCUT2D eigenvalue weighted by molar-refractivity contribution is 5.71. The Morgan fingerprint density at radius 1 is 1.16 bits per heavy atom. The Bertz CT molecular complexity index is 1080. The van der Waals surface area contributed by atoms with Crippen LogP contribution in [0.15, 0.2) is 30.7 Å². The Morgan fingerprint density at radius 3 is 2.77 bits per heavy atom. The Morgan fingerprint density at radius 2 is 2.03 bits per heavy atom. The van der Waals surface area contributed by atoms with Gasteiger partial charge in [-0.25, -0.2) is 23.7 Å². The summed E-state index contributed by atoms with van der Waals surface area (Å²) in [4.78, 5) is 11.8.